The van der Waals surface area contributed by atoms with Gasteiger partial charge in [-0.2, -0.15) is 5.10 Å². The average molecular weight is 461 g/mol. The molecule has 1 aliphatic heterocycles. The molecule has 1 amide bonds. The van der Waals surface area contributed by atoms with E-state index in [0.29, 0.717) is 17.2 Å². The standard InChI is InChI=1S/C24H36N4O3S/c1-6-32(30,31)22-9-7-21(8-10-22)27-13-11-20(12-14-27)25-24(29)15-23-18(4)26-28(19(23)5)16-17(2)3/h7-10,17,20H,6,11-16H2,1-5H3,(H,25,29). The van der Waals surface area contributed by atoms with E-state index in [-0.39, 0.29) is 17.7 Å². The van der Waals surface area contributed by atoms with Gasteiger partial charge in [0.25, 0.3) is 0 Å². The summed E-state index contributed by atoms with van der Waals surface area (Å²) in [4.78, 5) is 15.3. The zero-order valence-corrected chi connectivity index (χ0v) is 20.7. The zero-order chi connectivity index (χ0) is 23.5. The molecule has 176 valence electrons. The third kappa shape index (κ3) is 5.71. The number of aryl methyl sites for hydroxylation is 1. The van der Waals surface area contributed by atoms with Crippen LogP contribution in [0.25, 0.3) is 0 Å². The normalized spacial score (nSPS) is 15.4. The van der Waals surface area contributed by atoms with Crippen LogP contribution in [0, 0.1) is 19.8 Å². The number of amides is 1. The first kappa shape index (κ1) is 24.3. The molecule has 1 fully saturated rings. The van der Waals surface area contributed by atoms with Gasteiger partial charge in [0.05, 0.1) is 22.8 Å². The largest absolute Gasteiger partial charge is 0.371 e. The maximum atomic E-state index is 12.7. The molecule has 0 radical (unpaired) electrons. The van der Waals surface area contributed by atoms with Gasteiger partial charge in [-0.25, -0.2) is 8.42 Å². The number of rotatable bonds is 8. The maximum Gasteiger partial charge on any atom is 0.224 e. The number of anilines is 1. The van der Waals surface area contributed by atoms with Gasteiger partial charge in [-0.05, 0) is 56.9 Å². The topological polar surface area (TPSA) is 84.3 Å². The van der Waals surface area contributed by atoms with Crippen LogP contribution in [0.5, 0.6) is 0 Å². The highest BCUT2D eigenvalue weighted by Crippen LogP contribution is 2.23. The smallest absolute Gasteiger partial charge is 0.224 e. The maximum absolute atomic E-state index is 12.7. The number of piperidine rings is 1. The molecular weight excluding hydrogens is 424 g/mol. The molecule has 0 atom stereocenters. The molecule has 32 heavy (non-hydrogen) atoms. The predicted octanol–water partition coefficient (Wildman–Crippen LogP) is 3.28. The fourth-order valence-corrected chi connectivity index (χ4v) is 5.15. The van der Waals surface area contributed by atoms with Crippen molar-refractivity contribution in [2.75, 3.05) is 23.7 Å². The molecule has 2 aromatic rings. The minimum Gasteiger partial charge on any atom is -0.371 e. The number of carbonyl (C=O) groups excluding carboxylic acids is 1. The van der Waals surface area contributed by atoms with Crippen molar-refractivity contribution in [3.8, 4) is 0 Å². The van der Waals surface area contributed by atoms with Crippen LogP contribution in [0.15, 0.2) is 29.2 Å². The van der Waals surface area contributed by atoms with Gasteiger partial charge in [0, 0.05) is 42.6 Å². The lowest BCUT2D eigenvalue weighted by atomic mass is 10.0. The van der Waals surface area contributed by atoms with Crippen LogP contribution in [0.3, 0.4) is 0 Å². The summed E-state index contributed by atoms with van der Waals surface area (Å²) in [6, 6.07) is 7.28. The Morgan fingerprint density at radius 2 is 1.78 bits per heavy atom. The Labute approximate surface area is 192 Å². The fourth-order valence-electron chi connectivity index (χ4n) is 4.27. The van der Waals surface area contributed by atoms with Gasteiger partial charge in [0.2, 0.25) is 5.91 Å². The van der Waals surface area contributed by atoms with E-state index < -0.39 is 9.84 Å². The lowest BCUT2D eigenvalue weighted by molar-refractivity contribution is -0.121. The van der Waals surface area contributed by atoms with Gasteiger partial charge in [-0.15, -0.1) is 0 Å². The van der Waals surface area contributed by atoms with Crippen molar-refractivity contribution in [3.63, 3.8) is 0 Å². The molecule has 0 bridgehead atoms. The number of benzene rings is 1. The molecule has 2 heterocycles. The Balaban J connectivity index is 1.53. The molecular formula is C24H36N4O3S. The van der Waals surface area contributed by atoms with Crippen LogP contribution in [-0.4, -0.2) is 49.0 Å². The number of nitrogens with one attached hydrogen (secondary N) is 1. The molecule has 0 unspecified atom stereocenters. The van der Waals surface area contributed by atoms with Gasteiger partial charge in [0.15, 0.2) is 9.84 Å². The van der Waals surface area contributed by atoms with Crippen molar-refractivity contribution in [3.05, 3.63) is 41.2 Å². The van der Waals surface area contributed by atoms with Crippen molar-refractivity contribution in [1.82, 2.24) is 15.1 Å². The third-order valence-corrected chi connectivity index (χ3v) is 7.96. The summed E-state index contributed by atoms with van der Waals surface area (Å²) in [5, 5.41) is 7.81. The first-order chi connectivity index (χ1) is 15.1. The quantitative estimate of drug-likeness (QED) is 0.654. The number of hydrogen-bond acceptors (Lipinski definition) is 5. The van der Waals surface area contributed by atoms with E-state index in [0.717, 1.165) is 55.1 Å². The Kier molecular flexibility index (Phi) is 7.64. The summed E-state index contributed by atoms with van der Waals surface area (Å²) in [5.74, 6) is 0.662. The minimum atomic E-state index is -3.18. The molecule has 8 heteroatoms. The lowest BCUT2D eigenvalue weighted by Crippen LogP contribution is -2.45. The first-order valence-corrected chi connectivity index (χ1v) is 13.2. The molecule has 3 rings (SSSR count). The summed E-state index contributed by atoms with van der Waals surface area (Å²) in [6.45, 7) is 12.5. The summed E-state index contributed by atoms with van der Waals surface area (Å²) >= 11 is 0. The van der Waals surface area contributed by atoms with Crippen molar-refractivity contribution in [2.24, 2.45) is 5.92 Å². The van der Waals surface area contributed by atoms with Crippen LogP contribution < -0.4 is 10.2 Å². The SMILES string of the molecule is CCS(=O)(=O)c1ccc(N2CCC(NC(=O)Cc3c(C)nn(CC(C)C)c3C)CC2)cc1. The highest BCUT2D eigenvalue weighted by Gasteiger charge is 2.23. The van der Waals surface area contributed by atoms with Crippen LogP contribution in [0.1, 0.15) is 50.6 Å². The second-order valence-electron chi connectivity index (χ2n) is 9.13. The van der Waals surface area contributed by atoms with E-state index in [4.69, 9.17) is 0 Å². The lowest BCUT2D eigenvalue weighted by Gasteiger charge is -2.34. The van der Waals surface area contributed by atoms with Crippen LogP contribution in [0.2, 0.25) is 0 Å². The van der Waals surface area contributed by atoms with Crippen molar-refractivity contribution in [2.45, 2.75) is 71.4 Å². The highest BCUT2D eigenvalue weighted by molar-refractivity contribution is 7.91. The minimum absolute atomic E-state index is 0.0490. The molecule has 0 spiro atoms. The highest BCUT2D eigenvalue weighted by atomic mass is 32.2. The van der Waals surface area contributed by atoms with Gasteiger partial charge in [-0.1, -0.05) is 20.8 Å². The van der Waals surface area contributed by atoms with Crippen LogP contribution in [0.4, 0.5) is 5.69 Å². The molecule has 1 aromatic carbocycles. The molecule has 1 aliphatic rings. The Bertz CT molecular complexity index is 1030. The zero-order valence-electron chi connectivity index (χ0n) is 19.9. The Hall–Kier alpha value is -2.35. The van der Waals surface area contributed by atoms with Gasteiger partial charge in [0.1, 0.15) is 0 Å². The molecule has 7 nitrogen and oxygen atoms in total. The van der Waals surface area contributed by atoms with Crippen LogP contribution in [-0.2, 0) is 27.6 Å². The second kappa shape index (κ2) is 10.1. The number of sulfone groups is 1. The van der Waals surface area contributed by atoms with Gasteiger partial charge in [-0.3, -0.25) is 9.48 Å². The van der Waals surface area contributed by atoms with Crippen LogP contribution >= 0.6 is 0 Å². The van der Waals surface area contributed by atoms with E-state index in [1.165, 1.54) is 0 Å². The van der Waals surface area contributed by atoms with E-state index >= 15 is 0 Å². The van der Waals surface area contributed by atoms with Crippen molar-refractivity contribution >= 4 is 21.4 Å². The third-order valence-electron chi connectivity index (χ3n) is 6.21. The predicted molar refractivity (Wildman–Crippen MR) is 128 cm³/mol. The van der Waals surface area contributed by atoms with Crippen molar-refractivity contribution < 1.29 is 13.2 Å². The molecule has 0 saturated carbocycles. The molecule has 1 saturated heterocycles. The van der Waals surface area contributed by atoms with Gasteiger partial charge >= 0.3 is 0 Å². The Morgan fingerprint density at radius 1 is 1.16 bits per heavy atom. The number of nitrogens with zero attached hydrogens (tertiary/aromatic N) is 3. The van der Waals surface area contributed by atoms with Gasteiger partial charge < -0.3 is 10.2 Å². The first-order valence-electron chi connectivity index (χ1n) is 11.5. The molecule has 1 aromatic heterocycles. The van der Waals surface area contributed by atoms with Crippen molar-refractivity contribution in [1.29, 1.82) is 0 Å². The molecule has 0 aliphatic carbocycles. The number of hydrogen-bond donors (Lipinski definition) is 1. The summed E-state index contributed by atoms with van der Waals surface area (Å²) in [5.41, 5.74) is 4.06. The number of carbonyl (C=O) groups is 1. The fraction of sp³-hybridized carbons (Fsp3) is 0.583. The van der Waals surface area contributed by atoms with E-state index in [2.05, 4.69) is 29.2 Å². The monoisotopic (exact) mass is 460 g/mol. The Morgan fingerprint density at radius 3 is 2.34 bits per heavy atom. The average Bonchev–Trinajstić information content (AvgIpc) is 3.01. The number of aromatic nitrogens is 2. The van der Waals surface area contributed by atoms with E-state index in [1.807, 2.05) is 30.7 Å². The summed E-state index contributed by atoms with van der Waals surface area (Å²) in [6.07, 6.45) is 2.10. The summed E-state index contributed by atoms with van der Waals surface area (Å²) in [7, 11) is -3.18. The second-order valence-corrected chi connectivity index (χ2v) is 11.4. The van der Waals surface area contributed by atoms with E-state index in [9.17, 15) is 13.2 Å². The summed E-state index contributed by atoms with van der Waals surface area (Å²) < 4.78 is 26.0. The van der Waals surface area contributed by atoms with E-state index in [1.54, 1.807) is 19.1 Å². The molecule has 1 N–H and O–H groups in total.